The van der Waals surface area contributed by atoms with Crippen molar-refractivity contribution in [2.24, 2.45) is 0 Å². The van der Waals surface area contributed by atoms with Crippen molar-refractivity contribution in [3.8, 4) is 0 Å². The Bertz CT molecular complexity index is 952. The second kappa shape index (κ2) is 8.70. The maximum atomic E-state index is 13.4. The van der Waals surface area contributed by atoms with Gasteiger partial charge >= 0.3 is 6.18 Å². The van der Waals surface area contributed by atoms with E-state index in [1.165, 1.54) is 23.3 Å². The highest BCUT2D eigenvalue weighted by Gasteiger charge is 2.36. The average Bonchev–Trinajstić information content (AvgIpc) is 3.12. The summed E-state index contributed by atoms with van der Waals surface area (Å²) >= 11 is 0. The summed E-state index contributed by atoms with van der Waals surface area (Å²) in [5.41, 5.74) is 1.79. The molecule has 1 atom stereocenters. The molecule has 1 heterocycles. The molecular weight excluding hydrogens is 407 g/mol. The minimum absolute atomic E-state index is 0.0315. The molecule has 1 aliphatic carbocycles. The largest absolute Gasteiger partial charge is 0.416 e. The SMILES string of the molecule is O=C(CC1C(=O)NCCN1Cc1ccccc1C(F)(F)F)NC1Cc2ccccc2C1. The Hall–Kier alpha value is -2.87. The number of benzene rings is 2. The van der Waals surface area contributed by atoms with E-state index in [1.54, 1.807) is 11.0 Å². The summed E-state index contributed by atoms with van der Waals surface area (Å²) in [4.78, 5) is 26.8. The van der Waals surface area contributed by atoms with Crippen LogP contribution < -0.4 is 10.6 Å². The van der Waals surface area contributed by atoms with E-state index >= 15 is 0 Å². The van der Waals surface area contributed by atoms with Crippen molar-refractivity contribution in [3.63, 3.8) is 0 Å². The maximum Gasteiger partial charge on any atom is 0.416 e. The highest BCUT2D eigenvalue weighted by molar-refractivity contribution is 5.89. The first-order chi connectivity index (χ1) is 14.8. The number of carbonyl (C=O) groups is 2. The Morgan fingerprint density at radius 3 is 2.39 bits per heavy atom. The molecule has 0 aromatic heterocycles. The number of amides is 2. The van der Waals surface area contributed by atoms with Crippen LogP contribution in [0.15, 0.2) is 48.5 Å². The number of nitrogens with zero attached hydrogens (tertiary/aromatic N) is 1. The molecule has 2 amide bonds. The maximum absolute atomic E-state index is 13.4. The smallest absolute Gasteiger partial charge is 0.353 e. The summed E-state index contributed by atoms with van der Waals surface area (Å²) in [5, 5.41) is 5.71. The fraction of sp³-hybridized carbons (Fsp3) is 0.391. The zero-order chi connectivity index (χ0) is 22.0. The van der Waals surface area contributed by atoms with Crippen LogP contribution in [0.4, 0.5) is 13.2 Å². The summed E-state index contributed by atoms with van der Waals surface area (Å²) in [6.45, 7) is 0.670. The van der Waals surface area contributed by atoms with Gasteiger partial charge in [-0.15, -0.1) is 0 Å². The molecule has 2 aromatic rings. The molecule has 4 rings (SSSR count). The molecule has 1 saturated heterocycles. The fourth-order valence-electron chi connectivity index (χ4n) is 4.45. The summed E-state index contributed by atoms with van der Waals surface area (Å²) in [7, 11) is 0. The van der Waals surface area contributed by atoms with Crippen LogP contribution in [0.5, 0.6) is 0 Å². The molecule has 2 aromatic carbocycles. The third kappa shape index (κ3) is 4.90. The van der Waals surface area contributed by atoms with E-state index in [1.807, 2.05) is 24.3 Å². The van der Waals surface area contributed by atoms with Gasteiger partial charge in [-0.3, -0.25) is 14.5 Å². The Kier molecular flexibility index (Phi) is 6.00. The minimum Gasteiger partial charge on any atom is -0.353 e. The van der Waals surface area contributed by atoms with E-state index in [0.29, 0.717) is 13.1 Å². The van der Waals surface area contributed by atoms with Crippen molar-refractivity contribution >= 4 is 11.8 Å². The second-order valence-electron chi connectivity index (χ2n) is 8.08. The van der Waals surface area contributed by atoms with Gasteiger partial charge in [-0.2, -0.15) is 13.2 Å². The third-order valence-corrected chi connectivity index (χ3v) is 5.93. The Morgan fingerprint density at radius 1 is 1.06 bits per heavy atom. The van der Waals surface area contributed by atoms with Crippen molar-refractivity contribution in [3.05, 3.63) is 70.8 Å². The summed E-state index contributed by atoms with van der Waals surface area (Å²) in [6.07, 6.45) is -3.09. The van der Waals surface area contributed by atoms with Crippen LogP contribution >= 0.6 is 0 Å². The lowest BCUT2D eigenvalue weighted by atomic mass is 10.0. The first kappa shape index (κ1) is 21.4. The number of hydrogen-bond acceptors (Lipinski definition) is 3. The average molecular weight is 431 g/mol. The highest BCUT2D eigenvalue weighted by Crippen LogP contribution is 2.33. The Balaban J connectivity index is 1.43. The second-order valence-corrected chi connectivity index (χ2v) is 8.08. The lowest BCUT2D eigenvalue weighted by molar-refractivity contribution is -0.139. The van der Waals surface area contributed by atoms with Crippen LogP contribution in [0, 0.1) is 0 Å². The van der Waals surface area contributed by atoms with Gasteiger partial charge in [-0.1, -0.05) is 42.5 Å². The molecule has 2 N–H and O–H groups in total. The zero-order valence-corrected chi connectivity index (χ0v) is 16.9. The van der Waals surface area contributed by atoms with E-state index in [4.69, 9.17) is 0 Å². The van der Waals surface area contributed by atoms with Gasteiger partial charge in [0.25, 0.3) is 0 Å². The standard InChI is InChI=1S/C23H24F3N3O2/c24-23(25,26)19-8-4-3-7-17(19)14-29-10-9-27-22(31)20(29)13-21(30)28-18-11-15-5-1-2-6-16(15)12-18/h1-8,18,20H,9-14H2,(H,27,31)(H,28,30). The van der Waals surface area contributed by atoms with E-state index in [9.17, 15) is 22.8 Å². The number of nitrogens with one attached hydrogen (secondary N) is 2. The van der Waals surface area contributed by atoms with Gasteiger partial charge in [0.15, 0.2) is 0 Å². The van der Waals surface area contributed by atoms with Crippen LogP contribution in [0.25, 0.3) is 0 Å². The monoisotopic (exact) mass is 431 g/mol. The third-order valence-electron chi connectivity index (χ3n) is 5.93. The van der Waals surface area contributed by atoms with Crippen molar-refractivity contribution in [1.29, 1.82) is 0 Å². The van der Waals surface area contributed by atoms with E-state index < -0.39 is 17.8 Å². The highest BCUT2D eigenvalue weighted by atomic mass is 19.4. The number of fused-ring (bicyclic) bond motifs is 1. The zero-order valence-electron chi connectivity index (χ0n) is 16.9. The van der Waals surface area contributed by atoms with Crippen LogP contribution in [-0.4, -0.2) is 41.9 Å². The molecule has 5 nitrogen and oxygen atoms in total. The van der Waals surface area contributed by atoms with Gasteiger partial charge in [0.1, 0.15) is 0 Å². The van der Waals surface area contributed by atoms with Crippen molar-refractivity contribution < 1.29 is 22.8 Å². The lowest BCUT2D eigenvalue weighted by Gasteiger charge is -2.35. The van der Waals surface area contributed by atoms with Gasteiger partial charge in [0.2, 0.25) is 11.8 Å². The lowest BCUT2D eigenvalue weighted by Crippen LogP contribution is -2.56. The molecule has 1 unspecified atom stereocenters. The predicted octanol–water partition coefficient (Wildman–Crippen LogP) is 2.68. The number of piperazine rings is 1. The molecule has 2 aliphatic rings. The number of carbonyl (C=O) groups excluding carboxylic acids is 2. The van der Waals surface area contributed by atoms with Gasteiger partial charge in [0, 0.05) is 25.7 Å². The van der Waals surface area contributed by atoms with E-state index in [-0.39, 0.29) is 36.4 Å². The molecule has 0 radical (unpaired) electrons. The minimum atomic E-state index is -4.47. The van der Waals surface area contributed by atoms with Gasteiger partial charge in [0.05, 0.1) is 18.0 Å². The molecule has 164 valence electrons. The first-order valence-electron chi connectivity index (χ1n) is 10.3. The van der Waals surface area contributed by atoms with Crippen molar-refractivity contribution in [1.82, 2.24) is 15.5 Å². The van der Waals surface area contributed by atoms with Crippen LogP contribution in [-0.2, 0) is 35.2 Å². The Morgan fingerprint density at radius 2 is 1.71 bits per heavy atom. The molecule has 0 saturated carbocycles. The summed E-state index contributed by atoms with van der Waals surface area (Å²) in [5.74, 6) is -0.602. The van der Waals surface area contributed by atoms with Gasteiger partial charge in [-0.25, -0.2) is 0 Å². The van der Waals surface area contributed by atoms with Crippen LogP contribution in [0.3, 0.4) is 0 Å². The quantitative estimate of drug-likeness (QED) is 0.765. The molecular formula is C23H24F3N3O2. The molecule has 1 aliphatic heterocycles. The number of alkyl halides is 3. The van der Waals surface area contributed by atoms with E-state index in [0.717, 1.165) is 18.9 Å². The molecule has 31 heavy (non-hydrogen) atoms. The normalized spacial score (nSPS) is 19.7. The van der Waals surface area contributed by atoms with Crippen molar-refractivity contribution in [2.45, 2.75) is 44.1 Å². The fourth-order valence-corrected chi connectivity index (χ4v) is 4.45. The van der Waals surface area contributed by atoms with Crippen LogP contribution in [0.1, 0.15) is 28.7 Å². The number of hydrogen-bond donors (Lipinski definition) is 2. The van der Waals surface area contributed by atoms with Gasteiger partial charge in [-0.05, 0) is 35.6 Å². The Labute approximate surface area is 178 Å². The summed E-state index contributed by atoms with van der Waals surface area (Å²) in [6, 6.07) is 12.5. The van der Waals surface area contributed by atoms with Crippen LogP contribution in [0.2, 0.25) is 0 Å². The molecule has 0 spiro atoms. The van der Waals surface area contributed by atoms with Gasteiger partial charge < -0.3 is 10.6 Å². The number of rotatable bonds is 5. The van der Waals surface area contributed by atoms with E-state index in [2.05, 4.69) is 10.6 Å². The first-order valence-corrected chi connectivity index (χ1v) is 10.3. The molecule has 0 bridgehead atoms. The number of halogens is 3. The molecule has 8 heteroatoms. The predicted molar refractivity (Wildman–Crippen MR) is 109 cm³/mol. The van der Waals surface area contributed by atoms with Crippen molar-refractivity contribution in [2.75, 3.05) is 13.1 Å². The summed E-state index contributed by atoms with van der Waals surface area (Å²) < 4.78 is 40.1. The topological polar surface area (TPSA) is 61.4 Å². The molecule has 1 fully saturated rings.